The number of aromatic nitrogens is 4. The molecule has 0 aliphatic heterocycles. The van der Waals surface area contributed by atoms with Crippen molar-refractivity contribution in [2.75, 3.05) is 36.2 Å². The lowest BCUT2D eigenvalue weighted by Gasteiger charge is -2.13. The summed E-state index contributed by atoms with van der Waals surface area (Å²) >= 11 is 0. The summed E-state index contributed by atoms with van der Waals surface area (Å²) in [7, 11) is -16.6. The van der Waals surface area contributed by atoms with Gasteiger partial charge in [0.25, 0.3) is 30.4 Å². The first-order valence-corrected chi connectivity index (χ1v) is 25.0. The Bertz CT molecular complexity index is 3860. The van der Waals surface area contributed by atoms with Crippen LogP contribution in [0.1, 0.15) is 17.3 Å². The summed E-state index contributed by atoms with van der Waals surface area (Å²) in [4.78, 5) is 35.1. The Hall–Kier alpha value is -8.37. The van der Waals surface area contributed by atoms with Crippen molar-refractivity contribution in [2.24, 2.45) is 20.5 Å². The Labute approximate surface area is 407 Å². The van der Waals surface area contributed by atoms with E-state index in [4.69, 9.17) is 17.4 Å². The Balaban J connectivity index is 0.00000204. The third kappa shape index (κ3) is 12.9. The Morgan fingerprint density at radius 2 is 1.32 bits per heavy atom. The summed E-state index contributed by atoms with van der Waals surface area (Å²) < 4.78 is 137. The van der Waals surface area contributed by atoms with Crippen molar-refractivity contribution in [3.8, 4) is 11.7 Å². The number of aliphatic hydroxyl groups excluding tert-OH is 1. The zero-order chi connectivity index (χ0) is 52.7. The summed E-state index contributed by atoms with van der Waals surface area (Å²) in [6.07, 6.45) is 2.72. The summed E-state index contributed by atoms with van der Waals surface area (Å²) in [6, 6.07) is 17.6. The van der Waals surface area contributed by atoms with Gasteiger partial charge in [0, 0.05) is 35.7 Å². The number of carbonyl (C=O) groups is 2. The topological polar surface area (TPSA) is 426 Å². The Morgan fingerprint density at radius 3 is 1.96 bits per heavy atom. The number of hydrogen-bond acceptors (Lipinski definition) is 22. The molecule has 0 unspecified atom stereocenters. The van der Waals surface area contributed by atoms with Gasteiger partial charge < -0.3 is 30.9 Å². The van der Waals surface area contributed by atoms with E-state index in [1.807, 2.05) is 0 Å². The van der Waals surface area contributed by atoms with Gasteiger partial charge in [-0.15, -0.1) is 38.1 Å². The van der Waals surface area contributed by atoms with E-state index < -0.39 is 73.2 Å². The minimum absolute atomic E-state index is 0.00801. The fraction of sp³-hybridized carbons (Fsp3) is 0.100. The predicted molar refractivity (Wildman–Crippen MR) is 250 cm³/mol. The van der Waals surface area contributed by atoms with Crippen LogP contribution < -0.4 is 25.3 Å². The number of fused-ring (bicyclic) bond motifs is 2. The first-order valence-electron chi connectivity index (χ1n) is 19.7. The van der Waals surface area contributed by atoms with Crippen LogP contribution in [0.4, 0.5) is 46.0 Å². The molecule has 1 amide bonds. The van der Waals surface area contributed by atoms with E-state index >= 15 is 0 Å². The average Bonchev–Trinajstić information content (AvgIpc) is 3.30. The van der Waals surface area contributed by atoms with Gasteiger partial charge in [0.05, 0.1) is 48.7 Å². The molecule has 7 aromatic rings. The molecular formula is C40H34N11O17S4+. The number of methoxy groups -OCH3 is 1. The number of ether oxygens (including phenoxy) is 1. The van der Waals surface area contributed by atoms with Crippen molar-refractivity contribution in [3.63, 3.8) is 0 Å². The van der Waals surface area contributed by atoms with Crippen LogP contribution >= 0.6 is 0 Å². The number of benzene rings is 5. The summed E-state index contributed by atoms with van der Waals surface area (Å²) in [6.45, 7) is 0.863. The van der Waals surface area contributed by atoms with Crippen molar-refractivity contribution in [1.29, 1.82) is 0 Å². The molecule has 2 heterocycles. The number of hydrogen-bond donors (Lipinski definition) is 8. The van der Waals surface area contributed by atoms with E-state index in [2.05, 4.69) is 51.4 Å². The highest BCUT2D eigenvalue weighted by atomic mass is 32.2. The Kier molecular flexibility index (Phi) is 16.0. The number of anilines is 4. The third-order valence-electron chi connectivity index (χ3n) is 9.42. The second kappa shape index (κ2) is 21.7. The lowest BCUT2D eigenvalue weighted by molar-refractivity contribution is -0.603. The SMILES string of the molecule is COc1cc(N=Nc2cc3c(S(=O)(=O)O)cccc3cc2S(=O)(=O)O)c(NC(C)=O)cc1N=Nc1ccc(Nc2nc(NCCO)nc(-[n+]3cccc(C(=O)O)c3)n2)c2c(S(=O)(=O)O)cccc12.O=S(=O)=O. The number of aliphatic hydroxyl groups is 1. The van der Waals surface area contributed by atoms with Gasteiger partial charge in [0.1, 0.15) is 37.5 Å². The first kappa shape index (κ1) is 53.0. The highest BCUT2D eigenvalue weighted by Crippen LogP contribution is 2.43. The molecule has 0 atom stereocenters. The molecule has 7 rings (SSSR count). The molecule has 72 heavy (non-hydrogen) atoms. The molecule has 0 saturated carbocycles. The average molecular weight is 1070 g/mol. The fourth-order valence-electron chi connectivity index (χ4n) is 6.55. The van der Waals surface area contributed by atoms with Crippen molar-refractivity contribution in [1.82, 2.24) is 15.0 Å². The fourth-order valence-corrected chi connectivity index (χ4v) is 8.63. The largest absolute Gasteiger partial charge is 0.494 e. The molecule has 32 heteroatoms. The molecule has 2 aromatic heterocycles. The van der Waals surface area contributed by atoms with Crippen molar-refractivity contribution in [2.45, 2.75) is 21.6 Å². The van der Waals surface area contributed by atoms with E-state index in [0.717, 1.165) is 31.2 Å². The van der Waals surface area contributed by atoms with E-state index in [1.54, 1.807) is 0 Å². The number of carbonyl (C=O) groups excluding carboxylic acids is 1. The molecule has 374 valence electrons. The molecule has 8 N–H and O–H groups in total. The van der Waals surface area contributed by atoms with Crippen LogP contribution in [0, 0.1) is 0 Å². The van der Waals surface area contributed by atoms with Gasteiger partial charge in [-0.3, -0.25) is 18.5 Å². The smallest absolute Gasteiger partial charge is 0.444 e. The van der Waals surface area contributed by atoms with Gasteiger partial charge >= 0.3 is 34.4 Å². The number of nitrogens with zero attached hydrogens (tertiary/aromatic N) is 8. The zero-order valence-electron chi connectivity index (χ0n) is 36.5. The highest BCUT2D eigenvalue weighted by Gasteiger charge is 2.25. The van der Waals surface area contributed by atoms with Crippen LogP contribution in [0.2, 0.25) is 0 Å². The molecule has 0 spiro atoms. The zero-order valence-corrected chi connectivity index (χ0v) is 39.8. The molecule has 0 bridgehead atoms. The van der Waals surface area contributed by atoms with E-state index in [1.165, 1.54) is 84.7 Å². The van der Waals surface area contributed by atoms with Crippen LogP contribution in [0.25, 0.3) is 27.5 Å². The van der Waals surface area contributed by atoms with Crippen molar-refractivity contribution < 1.29 is 80.6 Å². The second-order valence-electron chi connectivity index (χ2n) is 14.2. The van der Waals surface area contributed by atoms with Crippen LogP contribution in [0.15, 0.2) is 132 Å². The molecule has 0 saturated heterocycles. The number of pyridine rings is 1. The van der Waals surface area contributed by atoms with E-state index in [-0.39, 0.29) is 92.3 Å². The van der Waals surface area contributed by atoms with Gasteiger partial charge in [-0.2, -0.15) is 25.3 Å². The molecule has 0 aliphatic rings. The maximum absolute atomic E-state index is 12.8. The lowest BCUT2D eigenvalue weighted by atomic mass is 10.1. The highest BCUT2D eigenvalue weighted by molar-refractivity contribution is 7.86. The number of amides is 1. The number of carboxylic acid groups (broad SMARTS) is 1. The van der Waals surface area contributed by atoms with Crippen LogP contribution in [-0.2, 0) is 45.8 Å². The standard InChI is InChI=1S/C40H33N11O14S3.O3S/c1-21(53)42-28-18-30(32(65-2)19-29(28)48-50-31-17-25-22(16-35(31)68(62,63)64)6-3-9-33(25)66(56,57)58)49-47-26-11-12-27(36-24(26)8-4-10-34(36)67(59,60)61)43-39-44-38(41-13-15-52)45-40(46-39)51-14-5-7-23(20-51)37(54)55;1-4(2)3/h3-12,14,16-20,52H,13,15H2,1-2H3,(H6-,41,42,43,44,45,46,49,50,53,54,55,56,57,58,59,60,61,62,63,64);/p+1. The first-order chi connectivity index (χ1) is 33.9. The molecule has 0 aliphatic carbocycles. The number of carboxylic acids is 1. The van der Waals surface area contributed by atoms with Gasteiger partial charge in [-0.05, 0) is 70.0 Å². The van der Waals surface area contributed by atoms with Crippen LogP contribution in [0.3, 0.4) is 0 Å². The molecular weight excluding hydrogens is 1030 g/mol. The molecule has 0 radical (unpaired) electrons. The van der Waals surface area contributed by atoms with Crippen LogP contribution in [0.5, 0.6) is 5.75 Å². The number of nitrogens with one attached hydrogen (secondary N) is 3. The maximum atomic E-state index is 12.8. The second-order valence-corrected chi connectivity index (χ2v) is 18.8. The molecule has 5 aromatic carbocycles. The lowest BCUT2D eigenvalue weighted by Crippen LogP contribution is -2.34. The predicted octanol–water partition coefficient (Wildman–Crippen LogP) is 4.83. The monoisotopic (exact) mass is 1070 g/mol. The molecule has 0 fully saturated rings. The Morgan fingerprint density at radius 1 is 0.694 bits per heavy atom. The summed E-state index contributed by atoms with van der Waals surface area (Å²) in [5, 5.41) is 43.7. The number of azo groups is 2. The van der Waals surface area contributed by atoms with Gasteiger partial charge in [-0.1, -0.05) is 24.3 Å². The normalized spacial score (nSPS) is 11.9. The van der Waals surface area contributed by atoms with Gasteiger partial charge in [0.2, 0.25) is 5.91 Å². The molecule has 28 nitrogen and oxygen atoms in total. The van der Waals surface area contributed by atoms with Crippen molar-refractivity contribution >= 4 is 120 Å². The summed E-state index contributed by atoms with van der Waals surface area (Å²) in [5.74, 6) is -2.22. The maximum Gasteiger partial charge on any atom is 0.444 e. The van der Waals surface area contributed by atoms with Gasteiger partial charge in [0.15, 0.2) is 0 Å². The number of rotatable bonds is 16. The van der Waals surface area contributed by atoms with E-state index in [9.17, 15) is 58.7 Å². The minimum Gasteiger partial charge on any atom is -0.494 e. The number of aromatic carboxylic acids is 1. The minimum atomic E-state index is -5.00. The van der Waals surface area contributed by atoms with E-state index in [0.29, 0.717) is 0 Å². The third-order valence-corrected chi connectivity index (χ3v) is 12.1. The summed E-state index contributed by atoms with van der Waals surface area (Å²) in [5.41, 5.74) is -0.892. The van der Waals surface area contributed by atoms with Crippen molar-refractivity contribution in [3.05, 3.63) is 103 Å². The van der Waals surface area contributed by atoms with Gasteiger partial charge in [-0.25, -0.2) is 9.36 Å². The quantitative estimate of drug-likeness (QED) is 0.0365. The van der Waals surface area contributed by atoms with Crippen LogP contribution in [-0.4, -0.2) is 109 Å².